The van der Waals surface area contributed by atoms with Gasteiger partial charge in [0.15, 0.2) is 5.37 Å². The van der Waals surface area contributed by atoms with Gasteiger partial charge in [-0.05, 0) is 35.7 Å². The molecule has 0 aliphatic carbocycles. The maximum Gasteiger partial charge on any atom is 0.322 e. The van der Waals surface area contributed by atoms with Crippen LogP contribution in [0.4, 0.5) is 15.3 Å². The molecule has 4 rings (SSSR count). The Kier molecular flexibility index (Phi) is 5.21. The Balaban J connectivity index is 1.63. The molecule has 1 saturated heterocycles. The van der Waals surface area contributed by atoms with Gasteiger partial charge in [-0.2, -0.15) is 0 Å². The average Bonchev–Trinajstić information content (AvgIpc) is 3.36. The van der Waals surface area contributed by atoms with Gasteiger partial charge in [0.1, 0.15) is 0 Å². The highest BCUT2D eigenvalue weighted by molar-refractivity contribution is 7.92. The summed E-state index contributed by atoms with van der Waals surface area (Å²) in [6.07, 6.45) is 2.15. The molecular weight excluding hydrogens is 404 g/mol. The van der Waals surface area contributed by atoms with Crippen molar-refractivity contribution in [1.29, 1.82) is 0 Å². The molecule has 0 radical (unpaired) electrons. The van der Waals surface area contributed by atoms with E-state index in [0.717, 1.165) is 5.56 Å². The maximum absolute atomic E-state index is 13.4. The fourth-order valence-corrected chi connectivity index (χ4v) is 5.52. The first-order valence-electron chi connectivity index (χ1n) is 9.57. The second-order valence-electron chi connectivity index (χ2n) is 7.14. The normalized spacial score (nSPS) is 20.3. The van der Waals surface area contributed by atoms with Gasteiger partial charge in [-0.1, -0.05) is 36.4 Å². The van der Waals surface area contributed by atoms with Gasteiger partial charge in [0.25, 0.3) is 0 Å². The first-order chi connectivity index (χ1) is 14.4. The zero-order valence-electron chi connectivity index (χ0n) is 16.2. The zero-order chi connectivity index (χ0) is 21.3. The van der Waals surface area contributed by atoms with Crippen molar-refractivity contribution in [2.24, 2.45) is 0 Å². The second-order valence-corrected chi connectivity index (χ2v) is 9.21. The minimum absolute atomic E-state index is 0.115. The molecule has 2 aromatic carbocycles. The van der Waals surface area contributed by atoms with Gasteiger partial charge < -0.3 is 16.0 Å². The Bertz CT molecular complexity index is 1100. The van der Waals surface area contributed by atoms with Crippen LogP contribution in [0.3, 0.4) is 0 Å². The van der Waals surface area contributed by atoms with Crippen LogP contribution in [-0.4, -0.2) is 38.9 Å². The molecule has 8 nitrogen and oxygen atoms in total. The van der Waals surface area contributed by atoms with E-state index in [-0.39, 0.29) is 10.9 Å². The molecule has 9 heteroatoms. The molecule has 2 atom stereocenters. The van der Waals surface area contributed by atoms with Crippen LogP contribution in [0.1, 0.15) is 17.2 Å². The number of rotatable bonds is 5. The monoisotopic (exact) mass is 426 g/mol. The van der Waals surface area contributed by atoms with Crippen LogP contribution in [-0.2, 0) is 16.3 Å². The number of hydrogen-bond acceptors (Lipinski definition) is 4. The van der Waals surface area contributed by atoms with Crippen LogP contribution in [0.2, 0.25) is 0 Å². The van der Waals surface area contributed by atoms with Gasteiger partial charge in [-0.15, -0.1) is 6.58 Å². The van der Waals surface area contributed by atoms with Crippen molar-refractivity contribution in [1.82, 2.24) is 16.0 Å². The molecule has 2 unspecified atom stereocenters. The molecule has 0 saturated carbocycles. The van der Waals surface area contributed by atoms with E-state index < -0.39 is 27.3 Å². The highest BCUT2D eigenvalue weighted by atomic mass is 32.2. The fourth-order valence-electron chi connectivity index (χ4n) is 3.81. The average molecular weight is 426 g/mol. The number of benzene rings is 2. The maximum atomic E-state index is 13.4. The number of nitrogens with one attached hydrogen (secondary N) is 3. The molecule has 1 fully saturated rings. The van der Waals surface area contributed by atoms with Gasteiger partial charge in [0, 0.05) is 18.8 Å². The van der Waals surface area contributed by atoms with Crippen molar-refractivity contribution in [3.8, 4) is 0 Å². The summed E-state index contributed by atoms with van der Waals surface area (Å²) < 4.78 is 26.7. The SMILES string of the molecule is C=CCNC(=O)N1CCc2cc(S(=O)(=O)C3NC(=O)NC3c3ccccc3)ccc21. The van der Waals surface area contributed by atoms with Crippen molar-refractivity contribution >= 4 is 27.6 Å². The third-order valence-corrected chi connectivity index (χ3v) is 7.24. The number of hydrogen-bond donors (Lipinski definition) is 3. The largest absolute Gasteiger partial charge is 0.334 e. The van der Waals surface area contributed by atoms with E-state index in [1.165, 1.54) is 6.07 Å². The van der Waals surface area contributed by atoms with E-state index in [0.29, 0.717) is 30.8 Å². The molecule has 2 aliphatic heterocycles. The smallest absolute Gasteiger partial charge is 0.322 e. The number of carbonyl (C=O) groups excluding carboxylic acids is 2. The van der Waals surface area contributed by atoms with Crippen LogP contribution in [0.5, 0.6) is 0 Å². The van der Waals surface area contributed by atoms with E-state index in [4.69, 9.17) is 0 Å². The Morgan fingerprint density at radius 2 is 1.97 bits per heavy atom. The highest BCUT2D eigenvalue weighted by Gasteiger charge is 2.43. The van der Waals surface area contributed by atoms with Crippen LogP contribution in [0.15, 0.2) is 66.1 Å². The summed E-state index contributed by atoms with van der Waals surface area (Å²) in [6.45, 7) is 4.40. The molecule has 156 valence electrons. The molecule has 30 heavy (non-hydrogen) atoms. The number of carbonyl (C=O) groups is 2. The number of sulfone groups is 1. The minimum atomic E-state index is -3.87. The fraction of sp³-hybridized carbons (Fsp3) is 0.238. The molecule has 2 heterocycles. The van der Waals surface area contributed by atoms with Crippen molar-refractivity contribution in [3.63, 3.8) is 0 Å². The van der Waals surface area contributed by atoms with E-state index >= 15 is 0 Å². The van der Waals surface area contributed by atoms with E-state index in [9.17, 15) is 18.0 Å². The Morgan fingerprint density at radius 1 is 1.20 bits per heavy atom. The number of nitrogens with zero attached hydrogens (tertiary/aromatic N) is 1. The van der Waals surface area contributed by atoms with Crippen molar-refractivity contribution in [3.05, 3.63) is 72.3 Å². The van der Waals surface area contributed by atoms with Gasteiger partial charge in [-0.25, -0.2) is 18.0 Å². The quantitative estimate of drug-likeness (QED) is 0.637. The first kappa shape index (κ1) is 20.0. The number of anilines is 1. The standard InChI is InChI=1S/C21H22N4O4S/c1-2-11-22-21(27)25-12-10-15-13-16(8-9-17(15)25)30(28,29)19-18(23-20(26)24-19)14-6-4-3-5-7-14/h2-9,13,18-19H,1,10-12H2,(H,22,27)(H2,23,24,26). The van der Waals surface area contributed by atoms with Crippen molar-refractivity contribution in [2.75, 3.05) is 18.0 Å². The summed E-state index contributed by atoms with van der Waals surface area (Å²) >= 11 is 0. The minimum Gasteiger partial charge on any atom is -0.334 e. The summed E-state index contributed by atoms with van der Waals surface area (Å²) in [5, 5.41) is 6.83. The molecule has 0 aromatic heterocycles. The number of amides is 4. The van der Waals surface area contributed by atoms with Gasteiger partial charge >= 0.3 is 12.1 Å². The van der Waals surface area contributed by atoms with E-state index in [2.05, 4.69) is 22.5 Å². The zero-order valence-corrected chi connectivity index (χ0v) is 17.0. The topological polar surface area (TPSA) is 108 Å². The summed E-state index contributed by atoms with van der Waals surface area (Å²) in [5.74, 6) is 0. The van der Waals surface area contributed by atoms with Crippen LogP contribution >= 0.6 is 0 Å². The van der Waals surface area contributed by atoms with Crippen LogP contribution in [0, 0.1) is 0 Å². The van der Waals surface area contributed by atoms with E-state index in [1.54, 1.807) is 47.4 Å². The molecular formula is C21H22N4O4S. The summed E-state index contributed by atoms with van der Waals surface area (Å²) in [4.78, 5) is 25.9. The molecule has 0 bridgehead atoms. The van der Waals surface area contributed by atoms with Crippen molar-refractivity contribution in [2.45, 2.75) is 22.7 Å². The lowest BCUT2D eigenvalue weighted by molar-refractivity contribution is 0.246. The van der Waals surface area contributed by atoms with E-state index in [1.807, 2.05) is 6.07 Å². The lowest BCUT2D eigenvalue weighted by atomic mass is 10.1. The number of fused-ring (bicyclic) bond motifs is 1. The van der Waals surface area contributed by atoms with Gasteiger partial charge in [0.05, 0.1) is 10.9 Å². The van der Waals surface area contributed by atoms with Crippen LogP contribution < -0.4 is 20.9 Å². The Morgan fingerprint density at radius 3 is 2.70 bits per heavy atom. The molecule has 2 aliphatic rings. The summed E-state index contributed by atoms with van der Waals surface area (Å²) in [7, 11) is -3.87. The number of urea groups is 2. The second kappa shape index (κ2) is 7.83. The van der Waals surface area contributed by atoms with Crippen molar-refractivity contribution < 1.29 is 18.0 Å². The predicted molar refractivity (Wildman–Crippen MR) is 113 cm³/mol. The third-order valence-electron chi connectivity index (χ3n) is 5.27. The Hall–Kier alpha value is -3.33. The Labute approximate surface area is 174 Å². The third kappa shape index (κ3) is 3.52. The first-order valence-corrected chi connectivity index (χ1v) is 11.1. The van der Waals surface area contributed by atoms with Gasteiger partial charge in [-0.3, -0.25) is 4.90 Å². The summed E-state index contributed by atoms with van der Waals surface area (Å²) in [6, 6.07) is 12.2. The predicted octanol–water partition coefficient (Wildman–Crippen LogP) is 2.10. The highest BCUT2D eigenvalue weighted by Crippen LogP contribution is 2.34. The van der Waals surface area contributed by atoms with Gasteiger partial charge in [0.2, 0.25) is 9.84 Å². The lowest BCUT2D eigenvalue weighted by Crippen LogP contribution is -2.39. The summed E-state index contributed by atoms with van der Waals surface area (Å²) in [5.41, 5.74) is 2.16. The van der Waals surface area contributed by atoms with Crippen LogP contribution in [0.25, 0.3) is 0 Å². The molecule has 4 amide bonds. The molecule has 3 N–H and O–H groups in total. The lowest BCUT2D eigenvalue weighted by Gasteiger charge is -2.20. The molecule has 0 spiro atoms. The molecule has 2 aromatic rings.